The van der Waals surface area contributed by atoms with E-state index >= 15 is 0 Å². The summed E-state index contributed by atoms with van der Waals surface area (Å²) < 4.78 is 0. The molecule has 0 saturated carbocycles. The number of carbonyl (C=O) groups excluding carboxylic acids is 1. The molecule has 0 aromatic carbocycles. The van der Waals surface area contributed by atoms with Crippen molar-refractivity contribution >= 4 is 5.97 Å². The molecule has 4 heteroatoms. The smallest absolute Gasteiger partial charge is 0.341 e. The molecule has 1 unspecified atom stereocenters. The number of nitrogens with two attached hydrogens (primary N) is 2. The minimum Gasteiger partial charge on any atom is -0.372 e. The number of hydrogen-bond acceptors (Lipinski definition) is 4. The second-order valence-corrected chi connectivity index (χ2v) is 2.19. The lowest BCUT2D eigenvalue weighted by atomic mass is 10.1. The van der Waals surface area contributed by atoms with Crippen LogP contribution in [0.5, 0.6) is 0 Å². The molecule has 0 amide bonds. The predicted molar refractivity (Wildman–Crippen MR) is 37.8 cm³/mol. The molecule has 4 N–H and O–H groups in total. The molecule has 4 nitrogen and oxygen atoms in total. The third-order valence-electron chi connectivity index (χ3n) is 1.29. The van der Waals surface area contributed by atoms with Crippen LogP contribution in [0.1, 0.15) is 26.2 Å². The minimum absolute atomic E-state index is 0.534. The van der Waals surface area contributed by atoms with Crippen LogP contribution in [0.15, 0.2) is 0 Å². The first-order valence-corrected chi connectivity index (χ1v) is 3.38. The van der Waals surface area contributed by atoms with Crippen LogP contribution < -0.4 is 11.6 Å². The molecule has 60 valence electrons. The average molecular weight is 146 g/mol. The van der Waals surface area contributed by atoms with Crippen molar-refractivity contribution in [2.24, 2.45) is 11.6 Å². The Bertz CT molecular complexity index is 106. The van der Waals surface area contributed by atoms with E-state index in [0.717, 1.165) is 12.8 Å². The molecule has 0 fully saturated rings. The Kier molecular flexibility index (Phi) is 4.88. The second kappa shape index (κ2) is 5.20. The van der Waals surface area contributed by atoms with Crippen LogP contribution in [0.2, 0.25) is 0 Å². The van der Waals surface area contributed by atoms with Gasteiger partial charge in [-0.15, -0.1) is 0 Å². The quantitative estimate of drug-likeness (QED) is 0.544. The van der Waals surface area contributed by atoms with E-state index in [0.29, 0.717) is 6.42 Å². The van der Waals surface area contributed by atoms with Gasteiger partial charge in [-0.05, 0) is 6.42 Å². The molecule has 10 heavy (non-hydrogen) atoms. The third-order valence-corrected chi connectivity index (χ3v) is 1.29. The molecule has 0 aliphatic rings. The fourth-order valence-corrected chi connectivity index (χ4v) is 0.629. The standard InChI is InChI=1S/C6H14N2O2/c1-2-3-4-5(7)6(9)10-8/h5H,2-4,7-8H2,1H3. The highest BCUT2D eigenvalue weighted by Crippen LogP contribution is 1.98. The first-order chi connectivity index (χ1) is 4.72. The van der Waals surface area contributed by atoms with Crippen molar-refractivity contribution in [3.8, 4) is 0 Å². The molecule has 0 aliphatic carbocycles. The van der Waals surface area contributed by atoms with E-state index in [1.165, 1.54) is 0 Å². The summed E-state index contributed by atoms with van der Waals surface area (Å²) in [4.78, 5) is 14.5. The molecule has 1 atom stereocenters. The predicted octanol–water partition coefficient (Wildman–Crippen LogP) is -0.0792. The Morgan fingerprint density at radius 2 is 2.30 bits per heavy atom. The highest BCUT2D eigenvalue weighted by atomic mass is 16.7. The van der Waals surface area contributed by atoms with Crippen LogP contribution in [0.3, 0.4) is 0 Å². The van der Waals surface area contributed by atoms with Gasteiger partial charge in [-0.3, -0.25) is 0 Å². The minimum atomic E-state index is -0.551. The van der Waals surface area contributed by atoms with Crippen molar-refractivity contribution in [1.29, 1.82) is 0 Å². The first-order valence-electron chi connectivity index (χ1n) is 3.38. The van der Waals surface area contributed by atoms with E-state index in [9.17, 15) is 4.79 Å². The van der Waals surface area contributed by atoms with Gasteiger partial charge < -0.3 is 10.6 Å². The molecule has 0 radical (unpaired) electrons. The summed E-state index contributed by atoms with van der Waals surface area (Å²) in [6.45, 7) is 2.03. The summed E-state index contributed by atoms with van der Waals surface area (Å²) in [5.74, 6) is 4.08. The van der Waals surface area contributed by atoms with Crippen LogP contribution >= 0.6 is 0 Å². The van der Waals surface area contributed by atoms with E-state index in [-0.39, 0.29) is 0 Å². The van der Waals surface area contributed by atoms with Crippen LogP contribution in [-0.4, -0.2) is 12.0 Å². The fraction of sp³-hybridized carbons (Fsp3) is 0.833. The molecule has 0 aliphatic heterocycles. The summed E-state index contributed by atoms with van der Waals surface area (Å²) in [5.41, 5.74) is 5.36. The number of rotatable bonds is 4. The van der Waals surface area contributed by atoms with Gasteiger partial charge in [0.1, 0.15) is 6.04 Å². The van der Waals surface area contributed by atoms with Gasteiger partial charge in [-0.25, -0.2) is 4.79 Å². The molecule has 0 saturated heterocycles. The van der Waals surface area contributed by atoms with Crippen molar-refractivity contribution in [1.82, 2.24) is 0 Å². The van der Waals surface area contributed by atoms with Gasteiger partial charge in [0.25, 0.3) is 0 Å². The third kappa shape index (κ3) is 3.42. The Hall–Kier alpha value is -0.610. The lowest BCUT2D eigenvalue weighted by Gasteiger charge is -2.05. The summed E-state index contributed by atoms with van der Waals surface area (Å²) in [7, 11) is 0. The SMILES string of the molecule is CCCCC(N)C(=O)ON. The van der Waals surface area contributed by atoms with Crippen molar-refractivity contribution in [3.63, 3.8) is 0 Å². The Balaban J connectivity index is 3.41. The lowest BCUT2D eigenvalue weighted by molar-refractivity contribution is -0.145. The van der Waals surface area contributed by atoms with Gasteiger partial charge in [0, 0.05) is 0 Å². The zero-order valence-electron chi connectivity index (χ0n) is 6.17. The molecule has 0 aromatic rings. The monoisotopic (exact) mass is 146 g/mol. The van der Waals surface area contributed by atoms with Crippen molar-refractivity contribution in [2.45, 2.75) is 32.2 Å². The van der Waals surface area contributed by atoms with E-state index in [1.807, 2.05) is 6.92 Å². The topological polar surface area (TPSA) is 78.3 Å². The molecular weight excluding hydrogens is 132 g/mol. The van der Waals surface area contributed by atoms with Crippen LogP contribution in [0.4, 0.5) is 0 Å². The van der Waals surface area contributed by atoms with Gasteiger partial charge in [0.05, 0.1) is 0 Å². The molecule has 0 aromatic heterocycles. The van der Waals surface area contributed by atoms with E-state index in [2.05, 4.69) is 10.7 Å². The van der Waals surface area contributed by atoms with Gasteiger partial charge >= 0.3 is 5.97 Å². The van der Waals surface area contributed by atoms with E-state index in [4.69, 9.17) is 5.73 Å². The molecule has 0 rings (SSSR count). The van der Waals surface area contributed by atoms with Crippen LogP contribution in [-0.2, 0) is 9.63 Å². The maximum absolute atomic E-state index is 10.5. The Morgan fingerprint density at radius 3 is 2.70 bits per heavy atom. The number of hydrogen-bond donors (Lipinski definition) is 2. The van der Waals surface area contributed by atoms with Gasteiger partial charge in [0.15, 0.2) is 0 Å². The van der Waals surface area contributed by atoms with Gasteiger partial charge in [0.2, 0.25) is 0 Å². The Labute approximate surface area is 60.5 Å². The maximum Gasteiger partial charge on any atom is 0.341 e. The highest BCUT2D eigenvalue weighted by molar-refractivity contribution is 5.74. The summed E-state index contributed by atoms with van der Waals surface area (Å²) >= 11 is 0. The molecule has 0 spiro atoms. The van der Waals surface area contributed by atoms with Crippen molar-refractivity contribution in [3.05, 3.63) is 0 Å². The Morgan fingerprint density at radius 1 is 1.70 bits per heavy atom. The zero-order valence-corrected chi connectivity index (χ0v) is 6.17. The zero-order chi connectivity index (χ0) is 7.98. The largest absolute Gasteiger partial charge is 0.372 e. The first kappa shape index (κ1) is 9.39. The van der Waals surface area contributed by atoms with Crippen molar-refractivity contribution in [2.75, 3.05) is 0 Å². The molecular formula is C6H14N2O2. The van der Waals surface area contributed by atoms with Gasteiger partial charge in [-0.2, -0.15) is 5.90 Å². The maximum atomic E-state index is 10.5. The van der Waals surface area contributed by atoms with Crippen molar-refractivity contribution < 1.29 is 9.63 Å². The number of unbranched alkanes of at least 4 members (excludes halogenated alkanes) is 1. The molecule has 0 bridgehead atoms. The summed E-state index contributed by atoms with van der Waals surface area (Å²) in [6.07, 6.45) is 2.59. The summed E-state index contributed by atoms with van der Waals surface area (Å²) in [5, 5.41) is 0. The summed E-state index contributed by atoms with van der Waals surface area (Å²) in [6, 6.07) is -0.551. The molecule has 0 heterocycles. The van der Waals surface area contributed by atoms with E-state index in [1.54, 1.807) is 0 Å². The number of carbonyl (C=O) groups is 1. The average Bonchev–Trinajstić information content (AvgIpc) is 1.98. The fourth-order valence-electron chi connectivity index (χ4n) is 0.629. The van der Waals surface area contributed by atoms with Gasteiger partial charge in [-0.1, -0.05) is 19.8 Å². The normalized spacial score (nSPS) is 12.7. The second-order valence-electron chi connectivity index (χ2n) is 2.19. The lowest BCUT2D eigenvalue weighted by Crippen LogP contribution is -2.33. The van der Waals surface area contributed by atoms with Crippen LogP contribution in [0.25, 0.3) is 0 Å². The van der Waals surface area contributed by atoms with Crippen LogP contribution in [0, 0.1) is 0 Å². The van der Waals surface area contributed by atoms with E-state index < -0.39 is 12.0 Å². The highest BCUT2D eigenvalue weighted by Gasteiger charge is 2.12.